The van der Waals surface area contributed by atoms with Gasteiger partial charge in [0.1, 0.15) is 0 Å². The highest BCUT2D eigenvalue weighted by Gasteiger charge is 2.02. The average molecular weight is 207 g/mol. The summed E-state index contributed by atoms with van der Waals surface area (Å²) in [5.41, 5.74) is 2.62. The van der Waals surface area contributed by atoms with E-state index < -0.39 is 0 Å². The van der Waals surface area contributed by atoms with Crippen LogP contribution in [0.15, 0.2) is 24.3 Å². The summed E-state index contributed by atoms with van der Waals surface area (Å²) in [5.74, 6) is 0. The molecule has 0 heterocycles. The fourth-order valence-electron chi connectivity index (χ4n) is 1.53. The summed E-state index contributed by atoms with van der Waals surface area (Å²) in [4.78, 5) is 0. The quantitative estimate of drug-likeness (QED) is 0.702. The Kier molecular flexibility index (Phi) is 5.37. The van der Waals surface area contributed by atoms with E-state index in [-0.39, 0.29) is 0 Å². The van der Waals surface area contributed by atoms with Crippen molar-refractivity contribution in [3.63, 3.8) is 0 Å². The van der Waals surface area contributed by atoms with Crippen molar-refractivity contribution in [1.82, 2.24) is 5.32 Å². The van der Waals surface area contributed by atoms with Crippen LogP contribution in [0, 0.1) is 6.92 Å². The molecule has 0 saturated heterocycles. The van der Waals surface area contributed by atoms with Gasteiger partial charge in [-0.05, 0) is 38.8 Å². The van der Waals surface area contributed by atoms with E-state index >= 15 is 0 Å². The molecule has 0 bridgehead atoms. The van der Waals surface area contributed by atoms with Gasteiger partial charge in [0.15, 0.2) is 0 Å². The number of aliphatic hydroxyl groups excluding tert-OH is 1. The lowest BCUT2D eigenvalue weighted by atomic mass is 10.1. The molecule has 0 amide bonds. The first-order chi connectivity index (χ1) is 7.24. The Morgan fingerprint density at radius 3 is 2.47 bits per heavy atom. The largest absolute Gasteiger partial charge is 0.396 e. The predicted molar refractivity (Wildman–Crippen MR) is 63.9 cm³/mol. The van der Waals surface area contributed by atoms with Gasteiger partial charge in [0.05, 0.1) is 0 Å². The van der Waals surface area contributed by atoms with Gasteiger partial charge in [-0.15, -0.1) is 0 Å². The van der Waals surface area contributed by atoms with Gasteiger partial charge in [0.25, 0.3) is 0 Å². The van der Waals surface area contributed by atoms with E-state index in [0.717, 1.165) is 19.4 Å². The van der Waals surface area contributed by atoms with E-state index in [1.165, 1.54) is 11.1 Å². The van der Waals surface area contributed by atoms with Gasteiger partial charge < -0.3 is 10.4 Å². The molecule has 1 rings (SSSR count). The van der Waals surface area contributed by atoms with Crippen molar-refractivity contribution in [1.29, 1.82) is 0 Å². The van der Waals surface area contributed by atoms with Gasteiger partial charge in [-0.2, -0.15) is 0 Å². The third-order valence-corrected chi connectivity index (χ3v) is 2.61. The molecule has 0 aliphatic carbocycles. The molecule has 0 aliphatic heterocycles. The van der Waals surface area contributed by atoms with Gasteiger partial charge in [-0.3, -0.25) is 0 Å². The Hall–Kier alpha value is -0.860. The van der Waals surface area contributed by atoms with Crippen molar-refractivity contribution in [3.8, 4) is 0 Å². The smallest absolute Gasteiger partial charge is 0.0431 e. The number of aliphatic hydroxyl groups is 1. The lowest BCUT2D eigenvalue weighted by Gasteiger charge is -2.14. The molecule has 15 heavy (non-hydrogen) atoms. The minimum absolute atomic E-state index is 0.292. The van der Waals surface area contributed by atoms with Crippen LogP contribution in [-0.4, -0.2) is 18.3 Å². The number of rotatable bonds is 6. The molecule has 0 unspecified atom stereocenters. The second kappa shape index (κ2) is 6.59. The molecule has 0 saturated carbocycles. The molecule has 0 aromatic heterocycles. The minimum Gasteiger partial charge on any atom is -0.396 e. The Bertz CT molecular complexity index is 268. The second-order valence-electron chi connectivity index (χ2n) is 4.02. The highest BCUT2D eigenvalue weighted by molar-refractivity contribution is 5.23. The maximum absolute atomic E-state index is 8.65. The number of benzene rings is 1. The van der Waals surface area contributed by atoms with E-state index in [1.54, 1.807) is 0 Å². The summed E-state index contributed by atoms with van der Waals surface area (Å²) in [6, 6.07) is 9.00. The second-order valence-corrected chi connectivity index (χ2v) is 4.02. The van der Waals surface area contributed by atoms with E-state index in [2.05, 4.69) is 43.4 Å². The summed E-state index contributed by atoms with van der Waals surface area (Å²) in [6.07, 6.45) is 1.92. The molecule has 0 fully saturated rings. The summed E-state index contributed by atoms with van der Waals surface area (Å²) >= 11 is 0. The van der Waals surface area contributed by atoms with Crippen LogP contribution in [0.4, 0.5) is 0 Å². The van der Waals surface area contributed by atoms with E-state index in [4.69, 9.17) is 5.11 Å². The zero-order chi connectivity index (χ0) is 11.1. The maximum Gasteiger partial charge on any atom is 0.0431 e. The number of nitrogens with one attached hydrogen (secondary N) is 1. The van der Waals surface area contributed by atoms with Gasteiger partial charge in [-0.1, -0.05) is 29.8 Å². The summed E-state index contributed by atoms with van der Waals surface area (Å²) < 4.78 is 0. The number of aryl methyl sites for hydroxylation is 1. The zero-order valence-electron chi connectivity index (χ0n) is 9.66. The van der Waals surface area contributed by atoms with Crippen LogP contribution < -0.4 is 5.32 Å². The van der Waals surface area contributed by atoms with Crippen LogP contribution in [0.5, 0.6) is 0 Å². The first-order valence-electron chi connectivity index (χ1n) is 5.65. The molecule has 84 valence electrons. The monoisotopic (exact) mass is 207 g/mol. The number of hydrogen-bond acceptors (Lipinski definition) is 2. The third-order valence-electron chi connectivity index (χ3n) is 2.61. The zero-order valence-corrected chi connectivity index (χ0v) is 9.66. The molecule has 2 N–H and O–H groups in total. The van der Waals surface area contributed by atoms with Crippen molar-refractivity contribution >= 4 is 0 Å². The molecule has 0 spiro atoms. The van der Waals surface area contributed by atoms with Crippen molar-refractivity contribution in [3.05, 3.63) is 35.4 Å². The fourth-order valence-corrected chi connectivity index (χ4v) is 1.53. The van der Waals surface area contributed by atoms with Crippen LogP contribution in [0.3, 0.4) is 0 Å². The van der Waals surface area contributed by atoms with E-state index in [9.17, 15) is 0 Å². The molecule has 2 heteroatoms. The summed E-state index contributed by atoms with van der Waals surface area (Å²) in [6.45, 7) is 5.53. The standard InChI is InChI=1S/C13H21NO/c1-11-5-7-13(8-6-11)12(2)14-9-3-4-10-15/h5-8,12,14-15H,3-4,9-10H2,1-2H3/t12-/m1/s1. The molecule has 1 atom stereocenters. The molecule has 0 aliphatic rings. The topological polar surface area (TPSA) is 32.3 Å². The molecule has 0 radical (unpaired) electrons. The molecule has 1 aromatic carbocycles. The summed E-state index contributed by atoms with van der Waals surface area (Å²) in [7, 11) is 0. The van der Waals surface area contributed by atoms with Gasteiger partial charge >= 0.3 is 0 Å². The SMILES string of the molecule is Cc1ccc([C@@H](C)NCCCCO)cc1. The minimum atomic E-state index is 0.292. The first-order valence-corrected chi connectivity index (χ1v) is 5.65. The highest BCUT2D eigenvalue weighted by atomic mass is 16.2. The predicted octanol–water partition coefficient (Wildman–Crippen LogP) is 2.42. The van der Waals surface area contributed by atoms with Crippen molar-refractivity contribution in [2.45, 2.75) is 32.7 Å². The Labute approximate surface area is 92.3 Å². The van der Waals surface area contributed by atoms with Crippen molar-refractivity contribution < 1.29 is 5.11 Å². The van der Waals surface area contributed by atoms with Gasteiger partial charge in [0, 0.05) is 12.6 Å². The number of unbranched alkanes of at least 4 members (excludes halogenated alkanes) is 1. The molecule has 2 nitrogen and oxygen atoms in total. The van der Waals surface area contributed by atoms with Gasteiger partial charge in [0.2, 0.25) is 0 Å². The lowest BCUT2D eigenvalue weighted by molar-refractivity contribution is 0.283. The van der Waals surface area contributed by atoms with Gasteiger partial charge in [-0.25, -0.2) is 0 Å². The number of hydrogen-bond donors (Lipinski definition) is 2. The molecule has 1 aromatic rings. The van der Waals surface area contributed by atoms with Crippen LogP contribution >= 0.6 is 0 Å². The maximum atomic E-state index is 8.65. The van der Waals surface area contributed by atoms with Crippen LogP contribution in [0.25, 0.3) is 0 Å². The fraction of sp³-hybridized carbons (Fsp3) is 0.538. The first kappa shape index (κ1) is 12.2. The Morgan fingerprint density at radius 2 is 1.87 bits per heavy atom. The Balaban J connectivity index is 2.33. The van der Waals surface area contributed by atoms with Crippen LogP contribution in [-0.2, 0) is 0 Å². The molecular weight excluding hydrogens is 186 g/mol. The Morgan fingerprint density at radius 1 is 1.20 bits per heavy atom. The molecular formula is C13H21NO. The van der Waals surface area contributed by atoms with E-state index in [1.807, 2.05) is 0 Å². The summed E-state index contributed by atoms with van der Waals surface area (Å²) in [5, 5.41) is 12.1. The van der Waals surface area contributed by atoms with Crippen LogP contribution in [0.1, 0.15) is 36.9 Å². The van der Waals surface area contributed by atoms with Crippen LogP contribution in [0.2, 0.25) is 0 Å². The normalized spacial score (nSPS) is 12.7. The third kappa shape index (κ3) is 4.45. The van der Waals surface area contributed by atoms with E-state index in [0.29, 0.717) is 12.6 Å². The van der Waals surface area contributed by atoms with Crippen molar-refractivity contribution in [2.24, 2.45) is 0 Å². The lowest BCUT2D eigenvalue weighted by Crippen LogP contribution is -2.19. The highest BCUT2D eigenvalue weighted by Crippen LogP contribution is 2.12. The van der Waals surface area contributed by atoms with Crippen molar-refractivity contribution in [2.75, 3.05) is 13.2 Å². The average Bonchev–Trinajstić information content (AvgIpc) is 2.25.